The maximum absolute atomic E-state index is 12.0. The molecule has 2 aromatic rings. The van der Waals surface area contributed by atoms with E-state index in [0.29, 0.717) is 17.3 Å². The van der Waals surface area contributed by atoms with Crippen LogP contribution in [-0.4, -0.2) is 32.9 Å². The zero-order valence-corrected chi connectivity index (χ0v) is 13.3. The molecule has 1 aromatic heterocycles. The average Bonchev–Trinajstić information content (AvgIpc) is 2.47. The van der Waals surface area contributed by atoms with Gasteiger partial charge in [-0.1, -0.05) is 6.07 Å². The van der Waals surface area contributed by atoms with Crippen molar-refractivity contribution in [3.63, 3.8) is 0 Å². The second kappa shape index (κ2) is 7.13. The number of pyridine rings is 1. The van der Waals surface area contributed by atoms with Gasteiger partial charge in [-0.2, -0.15) is 0 Å². The van der Waals surface area contributed by atoms with Gasteiger partial charge in [0.1, 0.15) is 29.7 Å². The average molecular weight is 322 g/mol. The van der Waals surface area contributed by atoms with E-state index in [0.717, 1.165) is 5.69 Å². The molecule has 1 heterocycles. The number of aryl methyl sites for hydroxylation is 1. The number of anilines is 1. The Hall–Kier alpha value is -2.28. The first-order valence-electron chi connectivity index (χ1n) is 6.69. The highest BCUT2D eigenvalue weighted by Gasteiger charge is 2.11. The summed E-state index contributed by atoms with van der Waals surface area (Å²) in [6.07, 6.45) is 0. The minimum atomic E-state index is -3.50. The van der Waals surface area contributed by atoms with Gasteiger partial charge in [-0.05, 0) is 43.3 Å². The molecule has 0 aliphatic carbocycles. The summed E-state index contributed by atoms with van der Waals surface area (Å²) < 4.78 is 36.8. The molecule has 0 spiro atoms. The maximum Gasteiger partial charge on any atom is 0.237 e. The van der Waals surface area contributed by atoms with Crippen LogP contribution >= 0.6 is 0 Å². The van der Waals surface area contributed by atoms with E-state index in [1.54, 1.807) is 56.5 Å². The molecule has 7 heteroatoms. The maximum atomic E-state index is 12.0. The third-order valence-corrected chi connectivity index (χ3v) is 4.05. The molecule has 1 aromatic carbocycles. The van der Waals surface area contributed by atoms with Gasteiger partial charge >= 0.3 is 0 Å². The molecule has 0 atom stereocenters. The van der Waals surface area contributed by atoms with Gasteiger partial charge in [0, 0.05) is 5.69 Å². The summed E-state index contributed by atoms with van der Waals surface area (Å²) in [6, 6.07) is 12.1. The lowest BCUT2D eigenvalue weighted by Crippen LogP contribution is -2.21. The number of aromatic nitrogens is 1. The van der Waals surface area contributed by atoms with Crippen LogP contribution in [0.5, 0.6) is 11.5 Å². The molecule has 0 aliphatic rings. The number of hydrogen-bond acceptors (Lipinski definition) is 5. The number of hydrogen-bond donors (Lipinski definition) is 1. The van der Waals surface area contributed by atoms with Crippen molar-refractivity contribution in [1.29, 1.82) is 0 Å². The number of nitrogens with zero attached hydrogens (tertiary/aromatic N) is 1. The summed E-state index contributed by atoms with van der Waals surface area (Å²) in [6.45, 7) is 1.85. The van der Waals surface area contributed by atoms with Crippen molar-refractivity contribution < 1.29 is 17.9 Å². The highest BCUT2D eigenvalue weighted by Crippen LogP contribution is 2.17. The Kier molecular flexibility index (Phi) is 5.21. The van der Waals surface area contributed by atoms with Crippen LogP contribution in [-0.2, 0) is 10.0 Å². The monoisotopic (exact) mass is 322 g/mol. The van der Waals surface area contributed by atoms with Gasteiger partial charge in [-0.25, -0.2) is 13.4 Å². The van der Waals surface area contributed by atoms with Crippen LogP contribution in [0.4, 0.5) is 5.82 Å². The summed E-state index contributed by atoms with van der Waals surface area (Å²) in [5, 5.41) is 0. The highest BCUT2D eigenvalue weighted by atomic mass is 32.2. The van der Waals surface area contributed by atoms with Gasteiger partial charge in [-0.15, -0.1) is 0 Å². The number of methoxy groups -OCH3 is 1. The third kappa shape index (κ3) is 4.92. The van der Waals surface area contributed by atoms with E-state index in [-0.39, 0.29) is 12.4 Å². The van der Waals surface area contributed by atoms with Crippen molar-refractivity contribution >= 4 is 15.8 Å². The Balaban J connectivity index is 1.86. The molecular weight excluding hydrogens is 304 g/mol. The third-order valence-electron chi connectivity index (χ3n) is 2.83. The molecular formula is C15H18N2O4S. The first kappa shape index (κ1) is 16.1. The van der Waals surface area contributed by atoms with Crippen molar-refractivity contribution in [2.45, 2.75) is 6.92 Å². The highest BCUT2D eigenvalue weighted by molar-refractivity contribution is 7.92. The number of nitrogens with one attached hydrogen (secondary N) is 1. The van der Waals surface area contributed by atoms with Crippen LogP contribution in [0.2, 0.25) is 0 Å². The molecule has 0 amide bonds. The molecule has 0 unspecified atom stereocenters. The number of sulfonamides is 1. The zero-order chi connectivity index (χ0) is 16.0. The molecule has 0 bridgehead atoms. The summed E-state index contributed by atoms with van der Waals surface area (Å²) in [4.78, 5) is 4.10. The number of rotatable bonds is 7. The lowest BCUT2D eigenvalue weighted by atomic mass is 10.3. The molecule has 118 valence electrons. The van der Waals surface area contributed by atoms with Crippen LogP contribution in [0.3, 0.4) is 0 Å². The van der Waals surface area contributed by atoms with Gasteiger partial charge in [0.2, 0.25) is 10.0 Å². The molecule has 0 saturated heterocycles. The normalized spacial score (nSPS) is 11.0. The Labute approximate surface area is 130 Å². The number of benzene rings is 1. The van der Waals surface area contributed by atoms with Crippen LogP contribution in [0, 0.1) is 6.92 Å². The Bertz CT molecular complexity index is 715. The van der Waals surface area contributed by atoms with E-state index >= 15 is 0 Å². The lowest BCUT2D eigenvalue weighted by molar-refractivity contribution is 0.340. The minimum absolute atomic E-state index is 0.0491. The fourth-order valence-corrected chi connectivity index (χ4v) is 2.59. The molecule has 1 N–H and O–H groups in total. The first-order valence-corrected chi connectivity index (χ1v) is 8.35. The summed E-state index contributed by atoms with van der Waals surface area (Å²) >= 11 is 0. The molecule has 2 rings (SSSR count). The SMILES string of the molecule is COc1ccc(OCCS(=O)(=O)Nc2cccc(C)n2)cc1. The topological polar surface area (TPSA) is 77.5 Å². The Morgan fingerprint density at radius 1 is 1.09 bits per heavy atom. The predicted molar refractivity (Wildman–Crippen MR) is 84.9 cm³/mol. The fraction of sp³-hybridized carbons (Fsp3) is 0.267. The second-order valence-corrected chi connectivity index (χ2v) is 6.45. The van der Waals surface area contributed by atoms with Gasteiger partial charge in [0.25, 0.3) is 0 Å². The molecule has 22 heavy (non-hydrogen) atoms. The molecule has 0 saturated carbocycles. The number of ether oxygens (including phenoxy) is 2. The minimum Gasteiger partial charge on any atom is -0.497 e. The Morgan fingerprint density at radius 2 is 1.77 bits per heavy atom. The molecule has 6 nitrogen and oxygen atoms in total. The second-order valence-electron chi connectivity index (χ2n) is 4.61. The standard InChI is InChI=1S/C15H18N2O4S/c1-12-4-3-5-15(16-12)17-22(18,19)11-10-21-14-8-6-13(20-2)7-9-14/h3-9H,10-11H2,1-2H3,(H,16,17). The summed E-state index contributed by atoms with van der Waals surface area (Å²) in [7, 11) is -1.92. The quantitative estimate of drug-likeness (QED) is 0.846. The molecule has 0 aliphatic heterocycles. The van der Waals surface area contributed by atoms with Crippen molar-refractivity contribution in [2.24, 2.45) is 0 Å². The van der Waals surface area contributed by atoms with Gasteiger partial charge < -0.3 is 9.47 Å². The van der Waals surface area contributed by atoms with Crippen molar-refractivity contribution in [3.8, 4) is 11.5 Å². The summed E-state index contributed by atoms with van der Waals surface area (Å²) in [5.41, 5.74) is 0.745. The van der Waals surface area contributed by atoms with E-state index < -0.39 is 10.0 Å². The summed E-state index contributed by atoms with van der Waals surface area (Å²) in [5.74, 6) is 1.45. The zero-order valence-electron chi connectivity index (χ0n) is 12.4. The first-order chi connectivity index (χ1) is 10.5. The largest absolute Gasteiger partial charge is 0.497 e. The fourth-order valence-electron chi connectivity index (χ4n) is 1.75. The van der Waals surface area contributed by atoms with Crippen molar-refractivity contribution in [3.05, 3.63) is 48.2 Å². The van der Waals surface area contributed by atoms with Crippen molar-refractivity contribution in [2.75, 3.05) is 24.2 Å². The van der Waals surface area contributed by atoms with E-state index in [1.165, 1.54) is 0 Å². The van der Waals surface area contributed by atoms with Gasteiger partial charge in [0.15, 0.2) is 0 Å². The Morgan fingerprint density at radius 3 is 2.41 bits per heavy atom. The van der Waals surface area contributed by atoms with E-state index in [1.807, 2.05) is 0 Å². The van der Waals surface area contributed by atoms with Gasteiger partial charge in [0.05, 0.1) is 7.11 Å². The van der Waals surface area contributed by atoms with Crippen LogP contribution in [0.15, 0.2) is 42.5 Å². The van der Waals surface area contributed by atoms with Crippen LogP contribution < -0.4 is 14.2 Å². The lowest BCUT2D eigenvalue weighted by Gasteiger charge is -2.09. The smallest absolute Gasteiger partial charge is 0.237 e. The molecule has 0 fully saturated rings. The molecule has 0 radical (unpaired) electrons. The van der Waals surface area contributed by atoms with Crippen LogP contribution in [0.25, 0.3) is 0 Å². The van der Waals surface area contributed by atoms with E-state index in [9.17, 15) is 8.42 Å². The van der Waals surface area contributed by atoms with Crippen LogP contribution in [0.1, 0.15) is 5.69 Å². The van der Waals surface area contributed by atoms with E-state index in [4.69, 9.17) is 9.47 Å². The predicted octanol–water partition coefficient (Wildman–Crippen LogP) is 2.22. The van der Waals surface area contributed by atoms with Crippen molar-refractivity contribution in [1.82, 2.24) is 4.98 Å². The van der Waals surface area contributed by atoms with E-state index in [2.05, 4.69) is 9.71 Å². The van der Waals surface area contributed by atoms with Gasteiger partial charge in [-0.3, -0.25) is 4.72 Å².